The fourth-order valence-electron chi connectivity index (χ4n) is 2.26. The molecule has 0 unspecified atom stereocenters. The number of rotatable bonds is 4. The molecule has 1 aliphatic rings. The van der Waals surface area contributed by atoms with Crippen LogP contribution in [0.2, 0.25) is 0 Å². The van der Waals surface area contributed by atoms with E-state index in [1.165, 1.54) is 0 Å². The lowest BCUT2D eigenvalue weighted by Crippen LogP contribution is -2.36. The maximum absolute atomic E-state index is 11.8. The molecule has 0 radical (unpaired) electrons. The first-order chi connectivity index (χ1) is 8.75. The standard InChI is InChI=1S/C14H21N3O/c1-11-3-2-6-16-13(11)9-14(18)17-10-12-4-7-15-8-5-12/h2-3,6,12,15H,4-5,7-10H2,1H3,(H,17,18). The minimum absolute atomic E-state index is 0.0790. The first-order valence-corrected chi connectivity index (χ1v) is 6.63. The third-order valence-electron chi connectivity index (χ3n) is 3.49. The number of piperidine rings is 1. The van der Waals surface area contributed by atoms with Crippen LogP contribution >= 0.6 is 0 Å². The van der Waals surface area contributed by atoms with E-state index in [1.807, 2.05) is 19.1 Å². The maximum Gasteiger partial charge on any atom is 0.226 e. The monoisotopic (exact) mass is 247 g/mol. The van der Waals surface area contributed by atoms with Crippen LogP contribution in [0, 0.1) is 12.8 Å². The van der Waals surface area contributed by atoms with Crippen molar-refractivity contribution in [1.82, 2.24) is 15.6 Å². The highest BCUT2D eigenvalue weighted by molar-refractivity contribution is 5.78. The number of hydrogen-bond acceptors (Lipinski definition) is 3. The molecule has 98 valence electrons. The molecule has 1 aromatic rings. The molecule has 1 saturated heterocycles. The topological polar surface area (TPSA) is 54.0 Å². The molecular weight excluding hydrogens is 226 g/mol. The van der Waals surface area contributed by atoms with Crippen molar-refractivity contribution in [2.75, 3.05) is 19.6 Å². The van der Waals surface area contributed by atoms with Crippen LogP contribution in [0.5, 0.6) is 0 Å². The number of amides is 1. The molecular formula is C14H21N3O. The lowest BCUT2D eigenvalue weighted by molar-refractivity contribution is -0.120. The Hall–Kier alpha value is -1.42. The van der Waals surface area contributed by atoms with E-state index in [0.717, 1.165) is 43.7 Å². The lowest BCUT2D eigenvalue weighted by atomic mass is 9.98. The molecule has 1 amide bonds. The maximum atomic E-state index is 11.8. The van der Waals surface area contributed by atoms with Crippen LogP contribution in [-0.2, 0) is 11.2 Å². The molecule has 1 fully saturated rings. The van der Waals surface area contributed by atoms with Gasteiger partial charge in [0, 0.05) is 12.7 Å². The molecule has 0 saturated carbocycles. The third kappa shape index (κ3) is 3.81. The molecule has 0 aliphatic carbocycles. The highest BCUT2D eigenvalue weighted by atomic mass is 16.1. The summed E-state index contributed by atoms with van der Waals surface area (Å²) in [5.74, 6) is 0.704. The summed E-state index contributed by atoms with van der Waals surface area (Å²) in [6, 6.07) is 3.88. The molecule has 0 bridgehead atoms. The van der Waals surface area contributed by atoms with Crippen LogP contribution in [0.3, 0.4) is 0 Å². The first kappa shape index (κ1) is 13.0. The van der Waals surface area contributed by atoms with Crippen LogP contribution in [0.25, 0.3) is 0 Å². The Bertz CT molecular complexity index is 400. The number of carbonyl (C=O) groups is 1. The summed E-state index contributed by atoms with van der Waals surface area (Å²) < 4.78 is 0. The summed E-state index contributed by atoms with van der Waals surface area (Å²) in [6.07, 6.45) is 4.44. The van der Waals surface area contributed by atoms with E-state index in [2.05, 4.69) is 15.6 Å². The van der Waals surface area contributed by atoms with E-state index in [4.69, 9.17) is 0 Å². The zero-order chi connectivity index (χ0) is 12.8. The van der Waals surface area contributed by atoms with E-state index in [0.29, 0.717) is 12.3 Å². The van der Waals surface area contributed by atoms with Crippen molar-refractivity contribution < 1.29 is 4.79 Å². The molecule has 2 heterocycles. The zero-order valence-electron chi connectivity index (χ0n) is 10.9. The minimum atomic E-state index is 0.0790. The SMILES string of the molecule is Cc1cccnc1CC(=O)NCC1CCNCC1. The van der Waals surface area contributed by atoms with Crippen molar-refractivity contribution in [1.29, 1.82) is 0 Å². The Labute approximate surface area is 108 Å². The second kappa shape index (κ2) is 6.50. The van der Waals surface area contributed by atoms with Crippen molar-refractivity contribution >= 4 is 5.91 Å². The predicted octanol–water partition coefficient (Wildman–Crippen LogP) is 1.05. The van der Waals surface area contributed by atoms with Gasteiger partial charge in [0.25, 0.3) is 0 Å². The van der Waals surface area contributed by atoms with E-state index in [-0.39, 0.29) is 5.91 Å². The molecule has 1 aromatic heterocycles. The molecule has 2 rings (SSSR count). The Kier molecular flexibility index (Phi) is 4.70. The smallest absolute Gasteiger partial charge is 0.226 e. The predicted molar refractivity (Wildman–Crippen MR) is 71.3 cm³/mol. The van der Waals surface area contributed by atoms with Gasteiger partial charge in [0.2, 0.25) is 5.91 Å². The normalized spacial score (nSPS) is 16.5. The van der Waals surface area contributed by atoms with Gasteiger partial charge in [-0.15, -0.1) is 0 Å². The summed E-state index contributed by atoms with van der Waals surface area (Å²) in [5, 5.41) is 6.35. The molecule has 4 nitrogen and oxygen atoms in total. The van der Waals surface area contributed by atoms with E-state index >= 15 is 0 Å². The fraction of sp³-hybridized carbons (Fsp3) is 0.571. The van der Waals surface area contributed by atoms with Gasteiger partial charge in [0.15, 0.2) is 0 Å². The van der Waals surface area contributed by atoms with Crippen molar-refractivity contribution in [3.05, 3.63) is 29.6 Å². The highest BCUT2D eigenvalue weighted by Crippen LogP contribution is 2.10. The van der Waals surface area contributed by atoms with Crippen molar-refractivity contribution in [3.8, 4) is 0 Å². The number of nitrogens with zero attached hydrogens (tertiary/aromatic N) is 1. The number of aryl methyl sites for hydroxylation is 1. The molecule has 1 aliphatic heterocycles. The number of pyridine rings is 1. The summed E-state index contributed by atoms with van der Waals surface area (Å²) >= 11 is 0. The van der Waals surface area contributed by atoms with Crippen LogP contribution in [0.1, 0.15) is 24.1 Å². The Morgan fingerprint density at radius 2 is 2.28 bits per heavy atom. The second-order valence-electron chi connectivity index (χ2n) is 4.94. The molecule has 0 atom stereocenters. The summed E-state index contributed by atoms with van der Waals surface area (Å²) in [6.45, 7) is 4.93. The van der Waals surface area contributed by atoms with Crippen LogP contribution < -0.4 is 10.6 Å². The summed E-state index contributed by atoms with van der Waals surface area (Å²) in [7, 11) is 0. The van der Waals surface area contributed by atoms with E-state index in [9.17, 15) is 4.79 Å². The van der Waals surface area contributed by atoms with Crippen molar-refractivity contribution in [2.24, 2.45) is 5.92 Å². The number of hydrogen-bond donors (Lipinski definition) is 2. The van der Waals surface area contributed by atoms with Gasteiger partial charge in [0.05, 0.1) is 12.1 Å². The molecule has 4 heteroatoms. The van der Waals surface area contributed by atoms with Crippen LogP contribution in [-0.4, -0.2) is 30.5 Å². The summed E-state index contributed by atoms with van der Waals surface area (Å²) in [4.78, 5) is 16.1. The summed E-state index contributed by atoms with van der Waals surface area (Å²) in [5.41, 5.74) is 1.95. The first-order valence-electron chi connectivity index (χ1n) is 6.63. The Morgan fingerprint density at radius 1 is 1.50 bits per heavy atom. The van der Waals surface area contributed by atoms with E-state index in [1.54, 1.807) is 6.20 Å². The second-order valence-corrected chi connectivity index (χ2v) is 4.94. The number of aromatic nitrogens is 1. The largest absolute Gasteiger partial charge is 0.355 e. The van der Waals surface area contributed by atoms with Gasteiger partial charge in [-0.3, -0.25) is 9.78 Å². The van der Waals surface area contributed by atoms with Gasteiger partial charge in [-0.2, -0.15) is 0 Å². The van der Waals surface area contributed by atoms with E-state index < -0.39 is 0 Å². The van der Waals surface area contributed by atoms with Crippen LogP contribution in [0.4, 0.5) is 0 Å². The highest BCUT2D eigenvalue weighted by Gasteiger charge is 2.14. The minimum Gasteiger partial charge on any atom is -0.355 e. The van der Waals surface area contributed by atoms with Crippen molar-refractivity contribution in [3.63, 3.8) is 0 Å². The molecule has 18 heavy (non-hydrogen) atoms. The Balaban J connectivity index is 1.76. The average molecular weight is 247 g/mol. The molecule has 0 aromatic carbocycles. The zero-order valence-corrected chi connectivity index (χ0v) is 10.9. The molecule has 0 spiro atoms. The fourth-order valence-corrected chi connectivity index (χ4v) is 2.26. The van der Waals surface area contributed by atoms with Crippen molar-refractivity contribution in [2.45, 2.75) is 26.2 Å². The number of nitrogens with one attached hydrogen (secondary N) is 2. The van der Waals surface area contributed by atoms with Gasteiger partial charge in [-0.05, 0) is 50.4 Å². The van der Waals surface area contributed by atoms with Gasteiger partial charge >= 0.3 is 0 Å². The van der Waals surface area contributed by atoms with Crippen LogP contribution in [0.15, 0.2) is 18.3 Å². The Morgan fingerprint density at radius 3 is 3.00 bits per heavy atom. The van der Waals surface area contributed by atoms with Gasteiger partial charge in [-0.25, -0.2) is 0 Å². The van der Waals surface area contributed by atoms with Gasteiger partial charge < -0.3 is 10.6 Å². The quantitative estimate of drug-likeness (QED) is 0.836. The van der Waals surface area contributed by atoms with Gasteiger partial charge in [-0.1, -0.05) is 6.07 Å². The molecule has 2 N–H and O–H groups in total. The van der Waals surface area contributed by atoms with Gasteiger partial charge in [0.1, 0.15) is 0 Å². The lowest BCUT2D eigenvalue weighted by Gasteiger charge is -2.22. The average Bonchev–Trinajstić information content (AvgIpc) is 2.40. The third-order valence-corrected chi connectivity index (χ3v) is 3.49. The number of carbonyl (C=O) groups excluding carboxylic acids is 1.